The molecule has 1 saturated heterocycles. The molecule has 2 atom stereocenters. The highest BCUT2D eigenvalue weighted by atomic mass is 79.9. The van der Waals surface area contributed by atoms with Crippen molar-refractivity contribution in [3.63, 3.8) is 0 Å². The molecule has 1 amide bonds. The maximum Gasteiger partial charge on any atom is 0.255 e. The predicted octanol–water partition coefficient (Wildman–Crippen LogP) is 2.57. The zero-order chi connectivity index (χ0) is 13.3. The van der Waals surface area contributed by atoms with Crippen LogP contribution >= 0.6 is 15.9 Å². The topological polar surface area (TPSA) is 46.3 Å². The van der Waals surface area contributed by atoms with Crippen LogP contribution in [-0.2, 0) is 0 Å². The van der Waals surface area contributed by atoms with Gasteiger partial charge in [0.15, 0.2) is 0 Å². The molecule has 2 unspecified atom stereocenters. The Morgan fingerprint density at radius 1 is 1.44 bits per heavy atom. The summed E-state index contributed by atoms with van der Waals surface area (Å²) in [6, 6.07) is 5.94. The largest absolute Gasteiger partial charge is 0.337 e. The van der Waals surface area contributed by atoms with Gasteiger partial charge in [-0.3, -0.25) is 4.79 Å². The van der Waals surface area contributed by atoms with Gasteiger partial charge in [0.25, 0.3) is 5.91 Å². The normalized spacial score (nSPS) is 24.1. The number of nitrogens with two attached hydrogens (primary N) is 1. The van der Waals surface area contributed by atoms with Crippen LogP contribution in [0.15, 0.2) is 22.7 Å². The van der Waals surface area contributed by atoms with Gasteiger partial charge in [0.1, 0.15) is 0 Å². The van der Waals surface area contributed by atoms with Crippen molar-refractivity contribution in [3.8, 4) is 0 Å². The number of benzene rings is 1. The lowest BCUT2D eigenvalue weighted by molar-refractivity contribution is 0.0660. The average Bonchev–Trinajstić information content (AvgIpc) is 2.30. The van der Waals surface area contributed by atoms with Gasteiger partial charge in [-0.25, -0.2) is 0 Å². The van der Waals surface area contributed by atoms with Crippen LogP contribution < -0.4 is 5.73 Å². The second kappa shape index (κ2) is 5.41. The van der Waals surface area contributed by atoms with E-state index < -0.39 is 0 Å². The molecule has 0 aliphatic carbocycles. The van der Waals surface area contributed by atoms with Crippen molar-refractivity contribution >= 4 is 21.8 Å². The molecule has 1 aromatic rings. The summed E-state index contributed by atoms with van der Waals surface area (Å²) in [5.74, 6) is 0.550. The van der Waals surface area contributed by atoms with Crippen LogP contribution in [-0.4, -0.2) is 29.9 Å². The molecular formula is C14H19BrN2O. The van der Waals surface area contributed by atoms with Crippen molar-refractivity contribution in [2.75, 3.05) is 13.1 Å². The second-order valence-corrected chi connectivity index (χ2v) is 6.15. The SMILES string of the molecule is Cc1ccc(Br)c(C(=O)N2CC(C)CC(N)C2)c1. The number of aryl methyl sites for hydroxylation is 1. The number of carbonyl (C=O) groups is 1. The smallest absolute Gasteiger partial charge is 0.255 e. The number of hydrogen-bond donors (Lipinski definition) is 1. The Labute approximate surface area is 116 Å². The molecule has 2 N–H and O–H groups in total. The summed E-state index contributed by atoms with van der Waals surface area (Å²) < 4.78 is 0.852. The van der Waals surface area contributed by atoms with E-state index in [1.165, 1.54) is 0 Å². The molecule has 0 radical (unpaired) electrons. The molecule has 98 valence electrons. The van der Waals surface area contributed by atoms with Crippen molar-refractivity contribution in [2.24, 2.45) is 11.7 Å². The van der Waals surface area contributed by atoms with E-state index in [9.17, 15) is 4.79 Å². The lowest BCUT2D eigenvalue weighted by Crippen LogP contribution is -2.48. The quantitative estimate of drug-likeness (QED) is 0.866. The summed E-state index contributed by atoms with van der Waals surface area (Å²) in [6.45, 7) is 5.59. The summed E-state index contributed by atoms with van der Waals surface area (Å²) in [7, 11) is 0. The Hall–Kier alpha value is -0.870. The maximum absolute atomic E-state index is 12.5. The third kappa shape index (κ3) is 2.93. The van der Waals surface area contributed by atoms with Gasteiger partial charge < -0.3 is 10.6 Å². The molecule has 0 saturated carbocycles. The highest BCUT2D eigenvalue weighted by Crippen LogP contribution is 2.23. The number of carbonyl (C=O) groups excluding carboxylic acids is 1. The molecule has 1 fully saturated rings. The lowest BCUT2D eigenvalue weighted by Gasteiger charge is -2.35. The molecule has 0 aromatic heterocycles. The maximum atomic E-state index is 12.5. The number of amides is 1. The molecule has 1 aliphatic heterocycles. The molecule has 18 heavy (non-hydrogen) atoms. The third-order valence-electron chi connectivity index (χ3n) is 3.33. The minimum absolute atomic E-state index is 0.0765. The van der Waals surface area contributed by atoms with Crippen LogP contribution in [0.1, 0.15) is 29.3 Å². The number of likely N-dealkylation sites (tertiary alicyclic amines) is 1. The first-order chi connectivity index (χ1) is 8.47. The van der Waals surface area contributed by atoms with E-state index >= 15 is 0 Å². The van der Waals surface area contributed by atoms with Crippen molar-refractivity contribution in [2.45, 2.75) is 26.3 Å². The standard InChI is InChI=1S/C14H19BrN2O/c1-9-3-4-13(15)12(6-9)14(18)17-7-10(2)5-11(16)8-17/h3-4,6,10-11H,5,7-8,16H2,1-2H3. The fraction of sp³-hybridized carbons (Fsp3) is 0.500. The summed E-state index contributed by atoms with van der Waals surface area (Å²) >= 11 is 3.45. The Bertz CT molecular complexity index is 451. The van der Waals surface area contributed by atoms with Crippen molar-refractivity contribution in [3.05, 3.63) is 33.8 Å². The molecule has 3 nitrogen and oxygen atoms in total. The van der Waals surface area contributed by atoms with E-state index in [0.717, 1.165) is 28.6 Å². The van der Waals surface area contributed by atoms with E-state index in [0.29, 0.717) is 12.5 Å². The molecule has 1 aliphatic rings. The second-order valence-electron chi connectivity index (χ2n) is 5.29. The third-order valence-corrected chi connectivity index (χ3v) is 4.02. The molecule has 2 rings (SSSR count). The number of hydrogen-bond acceptors (Lipinski definition) is 2. The Morgan fingerprint density at radius 3 is 2.83 bits per heavy atom. The number of rotatable bonds is 1. The first-order valence-corrected chi connectivity index (χ1v) is 7.07. The molecule has 4 heteroatoms. The fourth-order valence-electron chi connectivity index (χ4n) is 2.54. The Balaban J connectivity index is 2.22. The highest BCUT2D eigenvalue weighted by molar-refractivity contribution is 9.10. The Morgan fingerprint density at radius 2 is 2.17 bits per heavy atom. The minimum Gasteiger partial charge on any atom is -0.337 e. The molecule has 1 aromatic carbocycles. The van der Waals surface area contributed by atoms with Crippen LogP contribution in [0.5, 0.6) is 0 Å². The van der Waals surface area contributed by atoms with Crippen molar-refractivity contribution in [1.82, 2.24) is 4.90 Å². The van der Waals surface area contributed by atoms with Gasteiger partial charge in [-0.05, 0) is 47.3 Å². The van der Waals surface area contributed by atoms with E-state index in [-0.39, 0.29) is 11.9 Å². The molecule has 0 bridgehead atoms. The van der Waals surface area contributed by atoms with Crippen LogP contribution in [0.3, 0.4) is 0 Å². The summed E-state index contributed by atoms with van der Waals surface area (Å²) in [6.07, 6.45) is 0.999. The van der Waals surface area contributed by atoms with Crippen LogP contribution in [0, 0.1) is 12.8 Å². The van der Waals surface area contributed by atoms with E-state index in [1.54, 1.807) is 0 Å². The fourth-order valence-corrected chi connectivity index (χ4v) is 2.96. The van der Waals surface area contributed by atoms with E-state index in [1.807, 2.05) is 30.0 Å². The minimum atomic E-state index is 0.0765. The average molecular weight is 311 g/mol. The predicted molar refractivity (Wildman–Crippen MR) is 76.5 cm³/mol. The summed E-state index contributed by atoms with van der Waals surface area (Å²) in [4.78, 5) is 14.4. The summed E-state index contributed by atoms with van der Waals surface area (Å²) in [5.41, 5.74) is 7.82. The van der Waals surface area contributed by atoms with Gasteiger partial charge in [0.2, 0.25) is 0 Å². The number of halogens is 1. The monoisotopic (exact) mass is 310 g/mol. The first kappa shape index (κ1) is 13.6. The number of piperidine rings is 1. The first-order valence-electron chi connectivity index (χ1n) is 6.28. The van der Waals surface area contributed by atoms with Gasteiger partial charge in [0, 0.05) is 23.6 Å². The van der Waals surface area contributed by atoms with E-state index in [2.05, 4.69) is 22.9 Å². The lowest BCUT2D eigenvalue weighted by atomic mass is 9.96. The van der Waals surface area contributed by atoms with Gasteiger partial charge >= 0.3 is 0 Å². The van der Waals surface area contributed by atoms with Crippen molar-refractivity contribution in [1.29, 1.82) is 0 Å². The Kier molecular flexibility index (Phi) is 4.07. The van der Waals surface area contributed by atoms with Crippen LogP contribution in [0.4, 0.5) is 0 Å². The van der Waals surface area contributed by atoms with Crippen molar-refractivity contribution < 1.29 is 4.79 Å². The summed E-state index contributed by atoms with van der Waals surface area (Å²) in [5, 5.41) is 0. The zero-order valence-electron chi connectivity index (χ0n) is 10.8. The van der Waals surface area contributed by atoms with Gasteiger partial charge in [0.05, 0.1) is 5.56 Å². The molecule has 0 spiro atoms. The zero-order valence-corrected chi connectivity index (χ0v) is 12.4. The van der Waals surface area contributed by atoms with Gasteiger partial charge in [-0.1, -0.05) is 18.6 Å². The van der Waals surface area contributed by atoms with Crippen LogP contribution in [0.25, 0.3) is 0 Å². The number of nitrogens with zero attached hydrogens (tertiary/aromatic N) is 1. The highest BCUT2D eigenvalue weighted by Gasteiger charge is 2.27. The van der Waals surface area contributed by atoms with E-state index in [4.69, 9.17) is 5.73 Å². The van der Waals surface area contributed by atoms with Crippen LogP contribution in [0.2, 0.25) is 0 Å². The molecule has 1 heterocycles. The van der Waals surface area contributed by atoms with Gasteiger partial charge in [-0.2, -0.15) is 0 Å². The molecular weight excluding hydrogens is 292 g/mol. The van der Waals surface area contributed by atoms with Gasteiger partial charge in [-0.15, -0.1) is 0 Å².